The summed E-state index contributed by atoms with van der Waals surface area (Å²) in [5.74, 6) is 0.244. The average Bonchev–Trinajstić information content (AvgIpc) is 2.76. The van der Waals surface area contributed by atoms with Crippen LogP contribution in [-0.4, -0.2) is 17.7 Å². The number of hydrogen-bond acceptors (Lipinski definition) is 3. The second-order valence-corrected chi connectivity index (χ2v) is 7.08. The Labute approximate surface area is 131 Å². The number of halogens is 1. The molecule has 1 aliphatic carbocycles. The van der Waals surface area contributed by atoms with E-state index in [4.69, 9.17) is 4.74 Å². The van der Waals surface area contributed by atoms with Crippen LogP contribution >= 0.6 is 0 Å². The molecule has 22 heavy (non-hydrogen) atoms. The second-order valence-electron chi connectivity index (χ2n) is 7.08. The normalized spacial score (nSPS) is 21.5. The largest absolute Gasteiger partial charge is 0.444 e. The monoisotopic (exact) mass is 308 g/mol. The van der Waals surface area contributed by atoms with Crippen LogP contribution < -0.4 is 10.6 Å². The van der Waals surface area contributed by atoms with Crippen molar-refractivity contribution < 1.29 is 13.9 Å². The summed E-state index contributed by atoms with van der Waals surface area (Å²) in [6.07, 6.45) is 2.79. The topological polar surface area (TPSA) is 50.4 Å². The number of carbonyl (C=O) groups is 1. The van der Waals surface area contributed by atoms with Gasteiger partial charge in [0.25, 0.3) is 0 Å². The number of nitrogens with one attached hydrogen (secondary N) is 2. The zero-order valence-corrected chi connectivity index (χ0v) is 13.7. The lowest BCUT2D eigenvalue weighted by atomic mass is 10.1. The third-order valence-electron chi connectivity index (χ3n) is 3.67. The number of ether oxygens (including phenoxy) is 1. The van der Waals surface area contributed by atoms with Gasteiger partial charge in [-0.05, 0) is 64.2 Å². The van der Waals surface area contributed by atoms with Crippen LogP contribution in [0.3, 0.4) is 0 Å². The predicted octanol–water partition coefficient (Wildman–Crippen LogP) is 4.77. The zero-order chi connectivity index (χ0) is 16.3. The molecule has 1 aliphatic rings. The van der Waals surface area contributed by atoms with Gasteiger partial charge in [0.1, 0.15) is 11.4 Å². The third-order valence-corrected chi connectivity index (χ3v) is 3.67. The van der Waals surface area contributed by atoms with Gasteiger partial charge >= 0.3 is 6.09 Å². The summed E-state index contributed by atoms with van der Waals surface area (Å²) in [5, 5.41) is 5.87. The van der Waals surface area contributed by atoms with Gasteiger partial charge in [-0.3, -0.25) is 5.32 Å². The molecule has 1 amide bonds. The van der Waals surface area contributed by atoms with Crippen LogP contribution in [0.1, 0.15) is 47.0 Å². The number of anilines is 2. The van der Waals surface area contributed by atoms with Crippen molar-refractivity contribution in [2.45, 2.75) is 58.6 Å². The molecule has 4 nitrogen and oxygen atoms in total. The molecular weight excluding hydrogens is 283 g/mol. The van der Waals surface area contributed by atoms with E-state index in [1.165, 1.54) is 12.5 Å². The fourth-order valence-electron chi connectivity index (χ4n) is 2.70. The molecule has 122 valence electrons. The number of rotatable bonds is 3. The van der Waals surface area contributed by atoms with Crippen LogP contribution in [0, 0.1) is 11.7 Å². The van der Waals surface area contributed by atoms with Crippen molar-refractivity contribution in [3.8, 4) is 0 Å². The van der Waals surface area contributed by atoms with Crippen LogP contribution in [0.2, 0.25) is 0 Å². The Hall–Kier alpha value is -1.78. The first-order chi connectivity index (χ1) is 10.2. The van der Waals surface area contributed by atoms with Crippen molar-refractivity contribution in [2.24, 2.45) is 5.92 Å². The van der Waals surface area contributed by atoms with Gasteiger partial charge in [0, 0.05) is 11.7 Å². The molecule has 5 heteroatoms. The molecule has 2 unspecified atom stereocenters. The van der Waals surface area contributed by atoms with E-state index in [9.17, 15) is 9.18 Å². The fraction of sp³-hybridized carbons (Fsp3) is 0.588. The maximum atomic E-state index is 13.8. The highest BCUT2D eigenvalue weighted by Crippen LogP contribution is 2.29. The van der Waals surface area contributed by atoms with E-state index in [1.54, 1.807) is 32.9 Å². The maximum absolute atomic E-state index is 13.8. The standard InChI is InChI=1S/C17H25FN2O2/c1-11-5-6-12(9-11)19-13-7-8-14(18)15(10-13)20-16(21)22-17(2,3)4/h7-8,10-12,19H,5-6,9H2,1-4H3,(H,20,21). The first kappa shape index (κ1) is 16.6. The average molecular weight is 308 g/mol. The van der Waals surface area contributed by atoms with E-state index < -0.39 is 17.5 Å². The molecule has 0 aliphatic heterocycles. The minimum Gasteiger partial charge on any atom is -0.444 e. The Morgan fingerprint density at radius 3 is 2.64 bits per heavy atom. The van der Waals surface area contributed by atoms with Crippen LogP contribution in [-0.2, 0) is 4.74 Å². The molecule has 2 N–H and O–H groups in total. The molecule has 0 aromatic heterocycles. The van der Waals surface area contributed by atoms with Gasteiger partial charge in [-0.1, -0.05) is 6.92 Å². The quantitative estimate of drug-likeness (QED) is 0.845. The number of carbonyl (C=O) groups excluding carboxylic acids is 1. The van der Waals surface area contributed by atoms with Crippen molar-refractivity contribution in [3.05, 3.63) is 24.0 Å². The molecule has 0 bridgehead atoms. The molecule has 0 saturated heterocycles. The maximum Gasteiger partial charge on any atom is 0.412 e. The molecular formula is C17H25FN2O2. The number of amides is 1. The van der Waals surface area contributed by atoms with Crippen molar-refractivity contribution >= 4 is 17.5 Å². The van der Waals surface area contributed by atoms with Crippen LogP contribution in [0.5, 0.6) is 0 Å². The molecule has 1 aromatic carbocycles. The molecule has 1 aromatic rings. The van der Waals surface area contributed by atoms with E-state index in [2.05, 4.69) is 17.6 Å². The number of benzene rings is 1. The van der Waals surface area contributed by atoms with E-state index >= 15 is 0 Å². The molecule has 0 heterocycles. The van der Waals surface area contributed by atoms with Gasteiger partial charge in [-0.2, -0.15) is 0 Å². The first-order valence-electron chi connectivity index (χ1n) is 7.79. The van der Waals surface area contributed by atoms with E-state index in [0.29, 0.717) is 6.04 Å². The van der Waals surface area contributed by atoms with E-state index in [0.717, 1.165) is 24.4 Å². The van der Waals surface area contributed by atoms with Crippen molar-refractivity contribution in [3.63, 3.8) is 0 Å². The van der Waals surface area contributed by atoms with Crippen molar-refractivity contribution in [1.82, 2.24) is 0 Å². The summed E-state index contributed by atoms with van der Waals surface area (Å²) in [4.78, 5) is 11.8. The summed E-state index contributed by atoms with van der Waals surface area (Å²) in [6.45, 7) is 7.54. The summed E-state index contributed by atoms with van der Waals surface area (Å²) in [6, 6.07) is 5.07. The first-order valence-corrected chi connectivity index (χ1v) is 7.79. The Morgan fingerprint density at radius 2 is 2.05 bits per heavy atom. The van der Waals surface area contributed by atoms with Crippen LogP contribution in [0.15, 0.2) is 18.2 Å². The summed E-state index contributed by atoms with van der Waals surface area (Å²) >= 11 is 0. The van der Waals surface area contributed by atoms with Crippen LogP contribution in [0.25, 0.3) is 0 Å². The van der Waals surface area contributed by atoms with Gasteiger partial charge in [0.05, 0.1) is 5.69 Å². The van der Waals surface area contributed by atoms with Gasteiger partial charge in [0.15, 0.2) is 0 Å². The SMILES string of the molecule is CC1CCC(Nc2ccc(F)c(NC(=O)OC(C)(C)C)c2)C1. The van der Waals surface area contributed by atoms with Gasteiger partial charge in [0.2, 0.25) is 0 Å². The third kappa shape index (κ3) is 4.90. The summed E-state index contributed by atoms with van der Waals surface area (Å²) in [5.41, 5.74) is 0.327. The highest BCUT2D eigenvalue weighted by molar-refractivity contribution is 5.85. The van der Waals surface area contributed by atoms with E-state index in [1.807, 2.05) is 0 Å². The Bertz CT molecular complexity index is 540. The van der Waals surface area contributed by atoms with Crippen molar-refractivity contribution in [2.75, 3.05) is 10.6 Å². The lowest BCUT2D eigenvalue weighted by Gasteiger charge is -2.20. The number of hydrogen-bond donors (Lipinski definition) is 2. The Balaban J connectivity index is 2.02. The van der Waals surface area contributed by atoms with Gasteiger partial charge in [-0.25, -0.2) is 9.18 Å². The van der Waals surface area contributed by atoms with Gasteiger partial charge < -0.3 is 10.1 Å². The Kier molecular flexibility index (Phi) is 4.94. The Morgan fingerprint density at radius 1 is 1.32 bits per heavy atom. The molecule has 1 fully saturated rings. The van der Waals surface area contributed by atoms with E-state index in [-0.39, 0.29) is 5.69 Å². The van der Waals surface area contributed by atoms with Crippen LogP contribution in [0.4, 0.5) is 20.6 Å². The molecule has 0 spiro atoms. The smallest absolute Gasteiger partial charge is 0.412 e. The predicted molar refractivity (Wildman–Crippen MR) is 86.7 cm³/mol. The minimum atomic E-state index is -0.655. The molecule has 2 atom stereocenters. The molecule has 0 radical (unpaired) electrons. The zero-order valence-electron chi connectivity index (χ0n) is 13.7. The molecule has 2 rings (SSSR count). The van der Waals surface area contributed by atoms with Gasteiger partial charge in [-0.15, -0.1) is 0 Å². The fourth-order valence-corrected chi connectivity index (χ4v) is 2.70. The second kappa shape index (κ2) is 6.55. The lowest BCUT2D eigenvalue weighted by Crippen LogP contribution is -2.27. The minimum absolute atomic E-state index is 0.130. The lowest BCUT2D eigenvalue weighted by molar-refractivity contribution is 0.0635. The molecule has 1 saturated carbocycles. The van der Waals surface area contributed by atoms with Crippen molar-refractivity contribution in [1.29, 1.82) is 0 Å². The summed E-state index contributed by atoms with van der Waals surface area (Å²) in [7, 11) is 0. The summed E-state index contributed by atoms with van der Waals surface area (Å²) < 4.78 is 19.0. The highest BCUT2D eigenvalue weighted by atomic mass is 19.1. The highest BCUT2D eigenvalue weighted by Gasteiger charge is 2.22.